The highest BCUT2D eigenvalue weighted by molar-refractivity contribution is 5.75. The van der Waals surface area contributed by atoms with Crippen molar-refractivity contribution >= 4 is 12.2 Å². The van der Waals surface area contributed by atoms with Gasteiger partial charge in [-0.05, 0) is 60.9 Å². The van der Waals surface area contributed by atoms with Crippen LogP contribution in [0, 0.1) is 25.7 Å². The number of hydrogen-bond donors (Lipinski definition) is 0. The van der Waals surface area contributed by atoms with Crippen molar-refractivity contribution in [2.45, 2.75) is 20.4 Å². The lowest BCUT2D eigenvalue weighted by atomic mass is 10.1. The molecule has 0 N–H and O–H groups in total. The molecule has 2 aromatic carbocycles. The number of aryl methyl sites for hydroxylation is 2. The minimum atomic E-state index is 0.447. The van der Waals surface area contributed by atoms with E-state index in [1.165, 1.54) is 0 Å². The molecular weight excluding hydrogens is 348 g/mol. The van der Waals surface area contributed by atoms with Gasteiger partial charge in [-0.15, -0.1) is 0 Å². The van der Waals surface area contributed by atoms with Gasteiger partial charge in [0, 0.05) is 17.3 Å². The number of carbonyl (C=O) groups excluding carboxylic acids is 1. The smallest absolute Gasteiger partial charge is 0.215 e. The molecule has 3 aromatic rings. The van der Waals surface area contributed by atoms with Crippen LogP contribution < -0.4 is 9.64 Å². The number of nitrogens with zero attached hydrogens (tertiary/aromatic N) is 2. The molecule has 0 aliphatic rings. The number of carbonyl (C=O) groups is 1. The summed E-state index contributed by atoms with van der Waals surface area (Å²) in [6.07, 6.45) is 2.52. The third-order valence-electron chi connectivity index (χ3n) is 4.47. The molecule has 0 saturated carbocycles. The van der Waals surface area contributed by atoms with Crippen LogP contribution in [0.15, 0.2) is 60.8 Å². The van der Waals surface area contributed by atoms with Crippen molar-refractivity contribution in [1.29, 1.82) is 0 Å². The summed E-state index contributed by atoms with van der Waals surface area (Å²) in [5.74, 6) is 7.68. The van der Waals surface area contributed by atoms with Gasteiger partial charge in [0.15, 0.2) is 0 Å². The standard InChI is InChI=1S/C24H22N2O2/c1-18-14-23(28-3)12-11-22(18)16-26(17-27)24-19(2)13-21(15-25-24)10-9-20-7-5-4-6-8-20/h4-8,11-15,17H,16H2,1-3H3. The Labute approximate surface area is 165 Å². The molecule has 0 spiro atoms. The molecule has 0 aliphatic carbocycles. The molecule has 1 aromatic heterocycles. The quantitative estimate of drug-likeness (QED) is 0.498. The number of anilines is 1. The van der Waals surface area contributed by atoms with Crippen molar-refractivity contribution in [3.05, 3.63) is 88.6 Å². The van der Waals surface area contributed by atoms with Crippen LogP contribution in [0.5, 0.6) is 5.75 Å². The molecule has 0 saturated heterocycles. The molecule has 4 heteroatoms. The lowest BCUT2D eigenvalue weighted by Gasteiger charge is -2.20. The van der Waals surface area contributed by atoms with E-state index in [9.17, 15) is 4.79 Å². The van der Waals surface area contributed by atoms with Crippen LogP contribution in [-0.2, 0) is 11.3 Å². The third-order valence-corrected chi connectivity index (χ3v) is 4.47. The Morgan fingerprint density at radius 2 is 1.75 bits per heavy atom. The van der Waals surface area contributed by atoms with E-state index in [0.29, 0.717) is 12.4 Å². The van der Waals surface area contributed by atoms with Gasteiger partial charge in [-0.3, -0.25) is 9.69 Å². The Balaban J connectivity index is 1.82. The fraction of sp³-hybridized carbons (Fsp3) is 0.167. The first-order valence-electron chi connectivity index (χ1n) is 9.00. The second-order valence-electron chi connectivity index (χ2n) is 6.51. The molecule has 140 valence electrons. The van der Waals surface area contributed by atoms with Crippen molar-refractivity contribution in [2.75, 3.05) is 12.0 Å². The van der Waals surface area contributed by atoms with Gasteiger partial charge in [0.05, 0.1) is 13.7 Å². The second-order valence-corrected chi connectivity index (χ2v) is 6.51. The number of amides is 1. The Hall–Kier alpha value is -3.58. The number of rotatable bonds is 5. The van der Waals surface area contributed by atoms with Crippen LogP contribution >= 0.6 is 0 Å². The second kappa shape index (κ2) is 8.88. The Morgan fingerprint density at radius 3 is 2.39 bits per heavy atom. The highest BCUT2D eigenvalue weighted by Gasteiger charge is 2.13. The molecule has 1 amide bonds. The van der Waals surface area contributed by atoms with Crippen molar-refractivity contribution in [3.63, 3.8) is 0 Å². The van der Waals surface area contributed by atoms with Crippen molar-refractivity contribution in [1.82, 2.24) is 4.98 Å². The van der Waals surface area contributed by atoms with Crippen LogP contribution in [0.4, 0.5) is 5.82 Å². The largest absolute Gasteiger partial charge is 0.497 e. The number of pyridine rings is 1. The van der Waals surface area contributed by atoms with E-state index >= 15 is 0 Å². The molecule has 0 aliphatic heterocycles. The fourth-order valence-electron chi connectivity index (χ4n) is 2.92. The summed E-state index contributed by atoms with van der Waals surface area (Å²) in [5.41, 5.74) is 4.78. The Kier molecular flexibility index (Phi) is 6.08. The predicted molar refractivity (Wildman–Crippen MR) is 111 cm³/mol. The molecule has 0 bridgehead atoms. The molecule has 0 radical (unpaired) electrons. The zero-order valence-electron chi connectivity index (χ0n) is 16.3. The van der Waals surface area contributed by atoms with E-state index in [2.05, 4.69) is 16.8 Å². The maximum Gasteiger partial charge on any atom is 0.215 e. The van der Waals surface area contributed by atoms with E-state index in [4.69, 9.17) is 4.74 Å². The van der Waals surface area contributed by atoms with E-state index in [1.54, 1.807) is 18.2 Å². The minimum Gasteiger partial charge on any atom is -0.497 e. The van der Waals surface area contributed by atoms with E-state index < -0.39 is 0 Å². The summed E-state index contributed by atoms with van der Waals surface area (Å²) in [4.78, 5) is 17.8. The van der Waals surface area contributed by atoms with Gasteiger partial charge in [0.2, 0.25) is 6.41 Å². The van der Waals surface area contributed by atoms with E-state index in [-0.39, 0.29) is 0 Å². The maximum absolute atomic E-state index is 11.7. The lowest BCUT2D eigenvalue weighted by molar-refractivity contribution is -0.107. The van der Waals surface area contributed by atoms with Crippen molar-refractivity contribution in [2.24, 2.45) is 0 Å². The molecule has 28 heavy (non-hydrogen) atoms. The van der Waals surface area contributed by atoms with Gasteiger partial charge < -0.3 is 4.74 Å². The van der Waals surface area contributed by atoms with Crippen LogP contribution in [0.3, 0.4) is 0 Å². The van der Waals surface area contributed by atoms with Gasteiger partial charge in [0.25, 0.3) is 0 Å². The summed E-state index contributed by atoms with van der Waals surface area (Å²) in [5, 5.41) is 0. The number of ether oxygens (including phenoxy) is 1. The molecule has 0 fully saturated rings. The summed E-state index contributed by atoms with van der Waals surface area (Å²) in [6, 6.07) is 17.6. The average molecular weight is 370 g/mol. The first-order chi connectivity index (χ1) is 13.6. The summed E-state index contributed by atoms with van der Waals surface area (Å²) in [6.45, 7) is 4.39. The molecule has 4 nitrogen and oxygen atoms in total. The number of aromatic nitrogens is 1. The summed E-state index contributed by atoms with van der Waals surface area (Å²) in [7, 11) is 1.64. The fourth-order valence-corrected chi connectivity index (χ4v) is 2.92. The zero-order chi connectivity index (χ0) is 19.9. The van der Waals surface area contributed by atoms with Gasteiger partial charge in [0.1, 0.15) is 11.6 Å². The maximum atomic E-state index is 11.7. The molecular formula is C24H22N2O2. The number of methoxy groups -OCH3 is 1. The first-order valence-corrected chi connectivity index (χ1v) is 9.00. The van der Waals surface area contributed by atoms with Gasteiger partial charge in [-0.25, -0.2) is 4.98 Å². The Morgan fingerprint density at radius 1 is 1.00 bits per heavy atom. The molecule has 3 rings (SSSR count). The average Bonchev–Trinajstić information content (AvgIpc) is 2.72. The third kappa shape index (κ3) is 4.57. The topological polar surface area (TPSA) is 42.4 Å². The minimum absolute atomic E-state index is 0.447. The van der Waals surface area contributed by atoms with E-state index in [1.807, 2.05) is 68.4 Å². The van der Waals surface area contributed by atoms with Crippen LogP contribution in [-0.4, -0.2) is 18.5 Å². The van der Waals surface area contributed by atoms with Gasteiger partial charge in [-0.2, -0.15) is 0 Å². The van der Waals surface area contributed by atoms with Gasteiger partial charge >= 0.3 is 0 Å². The molecule has 0 unspecified atom stereocenters. The summed E-state index contributed by atoms with van der Waals surface area (Å²) < 4.78 is 5.24. The van der Waals surface area contributed by atoms with Crippen molar-refractivity contribution < 1.29 is 9.53 Å². The lowest BCUT2D eigenvalue weighted by Crippen LogP contribution is -2.23. The normalized spacial score (nSPS) is 9.96. The molecule has 1 heterocycles. The first kappa shape index (κ1) is 19.2. The van der Waals surface area contributed by atoms with E-state index in [0.717, 1.165) is 40.0 Å². The highest BCUT2D eigenvalue weighted by atomic mass is 16.5. The van der Waals surface area contributed by atoms with Crippen LogP contribution in [0.2, 0.25) is 0 Å². The van der Waals surface area contributed by atoms with Crippen LogP contribution in [0.1, 0.15) is 27.8 Å². The zero-order valence-corrected chi connectivity index (χ0v) is 16.3. The SMILES string of the molecule is COc1ccc(CN(C=O)c2ncc(C#Cc3ccccc3)cc2C)c(C)c1. The summed E-state index contributed by atoms with van der Waals surface area (Å²) >= 11 is 0. The van der Waals surface area contributed by atoms with Crippen molar-refractivity contribution in [3.8, 4) is 17.6 Å². The Bertz CT molecular complexity index is 1030. The predicted octanol–water partition coefficient (Wildman–Crippen LogP) is 4.27. The monoisotopic (exact) mass is 370 g/mol. The highest BCUT2D eigenvalue weighted by Crippen LogP contribution is 2.22. The van der Waals surface area contributed by atoms with Gasteiger partial charge in [-0.1, -0.05) is 36.1 Å². The number of benzene rings is 2. The number of hydrogen-bond acceptors (Lipinski definition) is 3. The van der Waals surface area contributed by atoms with Crippen LogP contribution in [0.25, 0.3) is 0 Å². The molecule has 0 atom stereocenters.